The van der Waals surface area contributed by atoms with E-state index < -0.39 is 5.41 Å². The summed E-state index contributed by atoms with van der Waals surface area (Å²) < 4.78 is 10.5. The van der Waals surface area contributed by atoms with E-state index in [-0.39, 0.29) is 18.4 Å². The lowest BCUT2D eigenvalue weighted by molar-refractivity contribution is -0.125. The second-order valence-corrected chi connectivity index (χ2v) is 7.59. The summed E-state index contributed by atoms with van der Waals surface area (Å²) in [5.41, 5.74) is 3.07. The normalized spacial score (nSPS) is 17.6. The minimum Gasteiger partial charge on any atom is -0.381 e. The van der Waals surface area contributed by atoms with Crippen molar-refractivity contribution in [3.05, 3.63) is 59.7 Å². The van der Waals surface area contributed by atoms with Crippen LogP contribution in [0.25, 0.3) is 0 Å². The molecule has 2 heterocycles. The maximum Gasteiger partial charge on any atom is 0.252 e. The van der Waals surface area contributed by atoms with Gasteiger partial charge in [-0.25, -0.2) is 0 Å². The van der Waals surface area contributed by atoms with Crippen LogP contribution in [0.4, 0.5) is 11.4 Å². The third kappa shape index (κ3) is 3.78. The number of ether oxygens (including phenoxy) is 2. The largest absolute Gasteiger partial charge is 0.381 e. The molecule has 0 atom stereocenters. The van der Waals surface area contributed by atoms with Crippen LogP contribution in [-0.4, -0.2) is 45.3 Å². The SMILES string of the molecule is COCC(=O)N1CCc2ccc(NC(=O)C3(c4ccccc4)CCOCC3)cc21. The van der Waals surface area contributed by atoms with Crippen molar-refractivity contribution < 1.29 is 19.1 Å². The number of nitrogens with one attached hydrogen (secondary N) is 1. The monoisotopic (exact) mass is 394 g/mol. The van der Waals surface area contributed by atoms with E-state index >= 15 is 0 Å². The molecule has 29 heavy (non-hydrogen) atoms. The highest BCUT2D eigenvalue weighted by atomic mass is 16.5. The van der Waals surface area contributed by atoms with Gasteiger partial charge in [0.1, 0.15) is 6.61 Å². The van der Waals surface area contributed by atoms with Gasteiger partial charge in [-0.3, -0.25) is 9.59 Å². The van der Waals surface area contributed by atoms with Crippen LogP contribution in [0.1, 0.15) is 24.0 Å². The lowest BCUT2D eigenvalue weighted by Crippen LogP contribution is -2.44. The van der Waals surface area contributed by atoms with E-state index in [1.54, 1.807) is 4.90 Å². The first-order valence-corrected chi connectivity index (χ1v) is 10.0. The Labute approximate surface area is 170 Å². The molecule has 4 rings (SSSR count). The number of fused-ring (bicyclic) bond motifs is 1. The second-order valence-electron chi connectivity index (χ2n) is 7.59. The number of methoxy groups -OCH3 is 1. The number of benzene rings is 2. The van der Waals surface area contributed by atoms with Crippen molar-refractivity contribution in [1.82, 2.24) is 0 Å². The van der Waals surface area contributed by atoms with Crippen molar-refractivity contribution >= 4 is 23.2 Å². The molecule has 0 bridgehead atoms. The molecule has 0 aliphatic carbocycles. The van der Waals surface area contributed by atoms with Gasteiger partial charge in [0.15, 0.2) is 0 Å². The number of hydrogen-bond donors (Lipinski definition) is 1. The molecule has 2 aromatic rings. The van der Waals surface area contributed by atoms with Crippen LogP contribution in [0.2, 0.25) is 0 Å². The highest BCUT2D eigenvalue weighted by Gasteiger charge is 2.41. The lowest BCUT2D eigenvalue weighted by Gasteiger charge is -2.36. The molecular weight excluding hydrogens is 368 g/mol. The average molecular weight is 394 g/mol. The average Bonchev–Trinajstić information content (AvgIpc) is 3.18. The van der Waals surface area contributed by atoms with E-state index in [2.05, 4.69) is 5.32 Å². The van der Waals surface area contributed by atoms with Gasteiger partial charge in [0.2, 0.25) is 5.91 Å². The fourth-order valence-electron chi connectivity index (χ4n) is 4.29. The van der Waals surface area contributed by atoms with Crippen LogP contribution >= 0.6 is 0 Å². The Hall–Kier alpha value is -2.70. The van der Waals surface area contributed by atoms with Gasteiger partial charge < -0.3 is 19.7 Å². The number of hydrogen-bond acceptors (Lipinski definition) is 4. The second kappa shape index (κ2) is 8.35. The molecule has 152 valence electrons. The summed E-state index contributed by atoms with van der Waals surface area (Å²) in [6.45, 7) is 1.81. The van der Waals surface area contributed by atoms with E-state index in [0.717, 1.165) is 23.2 Å². The van der Waals surface area contributed by atoms with E-state index in [9.17, 15) is 9.59 Å². The Morgan fingerprint density at radius 2 is 1.90 bits per heavy atom. The van der Waals surface area contributed by atoms with Crippen molar-refractivity contribution in [2.24, 2.45) is 0 Å². The van der Waals surface area contributed by atoms with Crippen LogP contribution < -0.4 is 10.2 Å². The van der Waals surface area contributed by atoms with Crippen LogP contribution in [-0.2, 0) is 30.9 Å². The van der Waals surface area contributed by atoms with Gasteiger partial charge in [0, 0.05) is 38.2 Å². The lowest BCUT2D eigenvalue weighted by atomic mass is 9.73. The van der Waals surface area contributed by atoms with E-state index in [4.69, 9.17) is 9.47 Å². The summed E-state index contributed by atoms with van der Waals surface area (Å²) in [5, 5.41) is 3.11. The van der Waals surface area contributed by atoms with Gasteiger partial charge in [-0.1, -0.05) is 36.4 Å². The summed E-state index contributed by atoms with van der Waals surface area (Å²) in [6.07, 6.45) is 2.10. The number of amides is 2. The molecule has 0 spiro atoms. The first kappa shape index (κ1) is 19.6. The predicted molar refractivity (Wildman–Crippen MR) is 111 cm³/mol. The summed E-state index contributed by atoms with van der Waals surface area (Å²) in [5.74, 6) is -0.0976. The van der Waals surface area contributed by atoms with Crippen molar-refractivity contribution in [3.63, 3.8) is 0 Å². The molecule has 0 aromatic heterocycles. The Morgan fingerprint density at radius 3 is 2.62 bits per heavy atom. The molecule has 2 amide bonds. The number of carbonyl (C=O) groups is 2. The third-order valence-electron chi connectivity index (χ3n) is 5.91. The van der Waals surface area contributed by atoms with Crippen LogP contribution in [0, 0.1) is 0 Å². The fraction of sp³-hybridized carbons (Fsp3) is 0.391. The van der Waals surface area contributed by atoms with Gasteiger partial charge in [0.25, 0.3) is 5.91 Å². The first-order chi connectivity index (χ1) is 14.1. The number of nitrogens with zero attached hydrogens (tertiary/aromatic N) is 1. The molecule has 1 N–H and O–H groups in total. The molecule has 2 aliphatic heterocycles. The molecule has 2 aliphatic rings. The zero-order valence-electron chi connectivity index (χ0n) is 16.6. The van der Waals surface area contributed by atoms with Gasteiger partial charge in [-0.05, 0) is 42.5 Å². The topological polar surface area (TPSA) is 67.9 Å². The van der Waals surface area contributed by atoms with Crippen LogP contribution in [0.15, 0.2) is 48.5 Å². The minimum atomic E-state index is -0.607. The molecule has 1 fully saturated rings. The predicted octanol–water partition coefficient (Wildman–Crippen LogP) is 2.91. The maximum absolute atomic E-state index is 13.4. The van der Waals surface area contributed by atoms with E-state index in [1.165, 1.54) is 7.11 Å². The highest BCUT2D eigenvalue weighted by Crippen LogP contribution is 2.37. The standard InChI is InChI=1S/C23H26N2O4/c1-28-16-21(26)25-12-9-17-7-8-19(15-20(17)25)24-22(27)23(10-13-29-14-11-23)18-5-3-2-4-6-18/h2-8,15H,9-14,16H2,1H3,(H,24,27). The number of rotatable bonds is 5. The smallest absolute Gasteiger partial charge is 0.252 e. The zero-order valence-corrected chi connectivity index (χ0v) is 16.6. The molecule has 2 aromatic carbocycles. The summed E-state index contributed by atoms with van der Waals surface area (Å²) >= 11 is 0. The molecular formula is C23H26N2O4. The first-order valence-electron chi connectivity index (χ1n) is 10.0. The Morgan fingerprint density at radius 1 is 1.14 bits per heavy atom. The summed E-state index contributed by atoms with van der Waals surface area (Å²) in [6, 6.07) is 15.7. The molecule has 6 heteroatoms. The number of anilines is 2. The van der Waals surface area contributed by atoms with Crippen molar-refractivity contribution in [2.75, 3.05) is 43.7 Å². The summed E-state index contributed by atoms with van der Waals surface area (Å²) in [4.78, 5) is 27.5. The highest BCUT2D eigenvalue weighted by molar-refractivity contribution is 6.01. The minimum absolute atomic E-state index is 0.0280. The zero-order chi connectivity index (χ0) is 20.3. The van der Waals surface area contributed by atoms with Crippen molar-refractivity contribution in [2.45, 2.75) is 24.7 Å². The maximum atomic E-state index is 13.4. The molecule has 0 radical (unpaired) electrons. The van der Waals surface area contributed by atoms with E-state index in [1.807, 2.05) is 48.5 Å². The summed E-state index contributed by atoms with van der Waals surface area (Å²) in [7, 11) is 1.52. The molecule has 1 saturated heterocycles. The third-order valence-corrected chi connectivity index (χ3v) is 5.91. The van der Waals surface area contributed by atoms with Gasteiger partial charge in [0.05, 0.1) is 5.41 Å². The fourth-order valence-corrected chi connectivity index (χ4v) is 4.29. The van der Waals surface area contributed by atoms with Crippen molar-refractivity contribution in [3.8, 4) is 0 Å². The molecule has 6 nitrogen and oxygen atoms in total. The van der Waals surface area contributed by atoms with Crippen molar-refractivity contribution in [1.29, 1.82) is 0 Å². The molecule has 0 unspecified atom stereocenters. The van der Waals surface area contributed by atoms with Gasteiger partial charge in [-0.2, -0.15) is 0 Å². The van der Waals surface area contributed by atoms with Crippen LogP contribution in [0.5, 0.6) is 0 Å². The Kier molecular flexibility index (Phi) is 5.65. The Bertz CT molecular complexity index is 891. The molecule has 0 saturated carbocycles. The number of carbonyl (C=O) groups excluding carboxylic acids is 2. The quantitative estimate of drug-likeness (QED) is 0.847. The Balaban J connectivity index is 1.59. The van der Waals surface area contributed by atoms with Gasteiger partial charge in [-0.15, -0.1) is 0 Å². The van der Waals surface area contributed by atoms with E-state index in [0.29, 0.717) is 38.3 Å². The van der Waals surface area contributed by atoms with Gasteiger partial charge >= 0.3 is 0 Å². The van der Waals surface area contributed by atoms with Crippen LogP contribution in [0.3, 0.4) is 0 Å².